The van der Waals surface area contributed by atoms with E-state index in [0.717, 1.165) is 11.3 Å². The lowest BCUT2D eigenvalue weighted by Crippen LogP contribution is -2.30. The normalized spacial score (nSPS) is 10.4. The summed E-state index contributed by atoms with van der Waals surface area (Å²) in [6, 6.07) is 24.0. The van der Waals surface area contributed by atoms with Gasteiger partial charge >= 0.3 is 0 Å². The largest absolute Gasteiger partial charge is 0.304 e. The summed E-state index contributed by atoms with van der Waals surface area (Å²) in [6.45, 7) is 0.451. The molecule has 0 saturated carbocycles. The molecule has 0 saturated heterocycles. The Balaban J connectivity index is 1.95. The molecule has 3 rings (SSSR count). The van der Waals surface area contributed by atoms with Gasteiger partial charge in [0, 0.05) is 21.3 Å². The second-order valence-corrected chi connectivity index (χ2v) is 6.23. The number of benzene rings is 3. The molecule has 3 aromatic rings. The van der Waals surface area contributed by atoms with Gasteiger partial charge in [-0.1, -0.05) is 53.5 Å². The predicted octanol–water partition coefficient (Wildman–Crippen LogP) is 5.84. The predicted molar refractivity (Wildman–Crippen MR) is 99.9 cm³/mol. The highest BCUT2D eigenvalue weighted by Gasteiger charge is 2.18. The molecule has 24 heavy (non-hydrogen) atoms. The number of halogens is 2. The molecule has 0 atom stereocenters. The molecule has 1 amide bonds. The lowest BCUT2D eigenvalue weighted by Gasteiger charge is -2.23. The summed E-state index contributed by atoms with van der Waals surface area (Å²) in [4.78, 5) is 14.7. The first-order valence-electron chi connectivity index (χ1n) is 7.50. The maximum Gasteiger partial charge on any atom is 0.258 e. The first kappa shape index (κ1) is 16.6. The minimum absolute atomic E-state index is 0.0622. The van der Waals surface area contributed by atoms with E-state index in [1.165, 1.54) is 0 Å². The van der Waals surface area contributed by atoms with Gasteiger partial charge in [-0.05, 0) is 54.1 Å². The zero-order valence-electron chi connectivity index (χ0n) is 12.8. The van der Waals surface area contributed by atoms with Crippen molar-refractivity contribution in [3.63, 3.8) is 0 Å². The van der Waals surface area contributed by atoms with Gasteiger partial charge in [-0.25, -0.2) is 0 Å². The van der Waals surface area contributed by atoms with E-state index in [2.05, 4.69) is 0 Å². The Morgan fingerprint density at radius 2 is 1.29 bits per heavy atom. The van der Waals surface area contributed by atoms with Gasteiger partial charge in [-0.3, -0.25) is 4.79 Å². The van der Waals surface area contributed by atoms with Crippen molar-refractivity contribution in [1.82, 2.24) is 0 Å². The molecule has 0 aliphatic rings. The number of hydrogen-bond acceptors (Lipinski definition) is 1. The minimum Gasteiger partial charge on any atom is -0.304 e. The zero-order chi connectivity index (χ0) is 16.9. The molecule has 0 aliphatic carbocycles. The van der Waals surface area contributed by atoms with Crippen LogP contribution in [-0.2, 0) is 6.54 Å². The number of carbonyl (C=O) groups excluding carboxylic acids is 1. The Bertz CT molecular complexity index is 815. The second-order valence-electron chi connectivity index (χ2n) is 5.36. The van der Waals surface area contributed by atoms with Crippen LogP contribution in [0.25, 0.3) is 0 Å². The average Bonchev–Trinajstić information content (AvgIpc) is 2.62. The molecule has 0 aliphatic heterocycles. The van der Waals surface area contributed by atoms with Gasteiger partial charge in [0.25, 0.3) is 5.91 Å². The van der Waals surface area contributed by atoms with Gasteiger partial charge in [-0.2, -0.15) is 0 Å². The number of anilines is 1. The topological polar surface area (TPSA) is 20.3 Å². The highest BCUT2D eigenvalue weighted by Crippen LogP contribution is 2.23. The maximum absolute atomic E-state index is 13.0. The van der Waals surface area contributed by atoms with Crippen molar-refractivity contribution in [3.8, 4) is 0 Å². The van der Waals surface area contributed by atoms with Crippen LogP contribution in [0.15, 0.2) is 78.9 Å². The Morgan fingerprint density at radius 3 is 1.88 bits per heavy atom. The summed E-state index contributed by atoms with van der Waals surface area (Å²) in [5.74, 6) is -0.0622. The van der Waals surface area contributed by atoms with E-state index in [0.29, 0.717) is 22.2 Å². The fourth-order valence-electron chi connectivity index (χ4n) is 2.41. The minimum atomic E-state index is -0.0622. The molecule has 0 fully saturated rings. The van der Waals surface area contributed by atoms with Crippen molar-refractivity contribution >= 4 is 34.8 Å². The van der Waals surface area contributed by atoms with Crippen molar-refractivity contribution in [3.05, 3.63) is 100 Å². The highest BCUT2D eigenvalue weighted by molar-refractivity contribution is 6.30. The molecule has 3 aromatic carbocycles. The summed E-state index contributed by atoms with van der Waals surface area (Å²) in [6.07, 6.45) is 0. The average molecular weight is 356 g/mol. The van der Waals surface area contributed by atoms with E-state index in [-0.39, 0.29) is 5.91 Å². The van der Waals surface area contributed by atoms with E-state index in [1.54, 1.807) is 17.0 Å². The van der Waals surface area contributed by atoms with Gasteiger partial charge < -0.3 is 4.90 Å². The van der Waals surface area contributed by atoms with Gasteiger partial charge in [0.1, 0.15) is 0 Å². The van der Waals surface area contributed by atoms with Crippen LogP contribution in [0.5, 0.6) is 0 Å². The number of nitrogens with zero attached hydrogens (tertiary/aromatic N) is 1. The molecule has 0 bridgehead atoms. The third kappa shape index (κ3) is 3.97. The van der Waals surface area contributed by atoms with Crippen LogP contribution in [0.4, 0.5) is 5.69 Å². The molecule has 0 heterocycles. The van der Waals surface area contributed by atoms with Crippen molar-refractivity contribution in [2.45, 2.75) is 6.54 Å². The Kier molecular flexibility index (Phi) is 5.19. The summed E-state index contributed by atoms with van der Waals surface area (Å²) in [5, 5.41) is 1.31. The molecule has 0 aromatic heterocycles. The SMILES string of the molecule is O=C(c1ccccc1)N(Cc1ccc(Cl)cc1)c1ccc(Cl)cc1. The molecular weight excluding hydrogens is 341 g/mol. The first-order valence-corrected chi connectivity index (χ1v) is 8.26. The number of amides is 1. The fourth-order valence-corrected chi connectivity index (χ4v) is 2.66. The van der Waals surface area contributed by atoms with Crippen molar-refractivity contribution in [1.29, 1.82) is 0 Å². The fraction of sp³-hybridized carbons (Fsp3) is 0.0500. The third-order valence-corrected chi connectivity index (χ3v) is 4.16. The Hall–Kier alpha value is -2.29. The molecule has 0 spiro atoms. The monoisotopic (exact) mass is 355 g/mol. The van der Waals surface area contributed by atoms with E-state index >= 15 is 0 Å². The van der Waals surface area contributed by atoms with Crippen LogP contribution in [0.1, 0.15) is 15.9 Å². The molecule has 120 valence electrons. The summed E-state index contributed by atoms with van der Waals surface area (Å²) in [5.41, 5.74) is 2.43. The number of rotatable bonds is 4. The molecule has 0 unspecified atom stereocenters. The lowest BCUT2D eigenvalue weighted by molar-refractivity contribution is 0.0985. The second kappa shape index (κ2) is 7.52. The smallest absolute Gasteiger partial charge is 0.258 e. The van der Waals surface area contributed by atoms with E-state index in [4.69, 9.17) is 23.2 Å². The van der Waals surface area contributed by atoms with Crippen LogP contribution < -0.4 is 4.90 Å². The summed E-state index contributed by atoms with van der Waals surface area (Å²) in [7, 11) is 0. The van der Waals surface area contributed by atoms with Crippen molar-refractivity contribution in [2.75, 3.05) is 4.90 Å². The van der Waals surface area contributed by atoms with Gasteiger partial charge in [0.15, 0.2) is 0 Å². The van der Waals surface area contributed by atoms with Gasteiger partial charge in [0.05, 0.1) is 6.54 Å². The number of hydrogen-bond donors (Lipinski definition) is 0. The highest BCUT2D eigenvalue weighted by atomic mass is 35.5. The van der Waals surface area contributed by atoms with Crippen molar-refractivity contribution < 1.29 is 4.79 Å². The van der Waals surface area contributed by atoms with Crippen LogP contribution in [0, 0.1) is 0 Å². The van der Waals surface area contributed by atoms with E-state index in [1.807, 2.05) is 66.7 Å². The summed E-state index contributed by atoms with van der Waals surface area (Å²) >= 11 is 11.9. The maximum atomic E-state index is 13.0. The van der Waals surface area contributed by atoms with Crippen molar-refractivity contribution in [2.24, 2.45) is 0 Å². The molecular formula is C20H15Cl2NO. The number of carbonyl (C=O) groups is 1. The van der Waals surface area contributed by atoms with Crippen LogP contribution in [0.3, 0.4) is 0 Å². The standard InChI is InChI=1S/C20H15Cl2NO/c21-17-8-6-15(7-9-17)14-23(19-12-10-18(22)11-13-19)20(24)16-4-2-1-3-5-16/h1-13H,14H2. The molecule has 0 N–H and O–H groups in total. The zero-order valence-corrected chi connectivity index (χ0v) is 14.3. The Labute approximate surface area is 151 Å². The van der Waals surface area contributed by atoms with Gasteiger partial charge in [0.2, 0.25) is 0 Å². The Morgan fingerprint density at radius 1 is 0.750 bits per heavy atom. The molecule has 0 radical (unpaired) electrons. The van der Waals surface area contributed by atoms with E-state index < -0.39 is 0 Å². The first-order chi connectivity index (χ1) is 11.6. The quantitative estimate of drug-likeness (QED) is 0.575. The third-order valence-electron chi connectivity index (χ3n) is 3.66. The van der Waals surface area contributed by atoms with E-state index in [9.17, 15) is 4.79 Å². The lowest BCUT2D eigenvalue weighted by atomic mass is 10.1. The summed E-state index contributed by atoms with van der Waals surface area (Å²) < 4.78 is 0. The van der Waals surface area contributed by atoms with Crippen LogP contribution in [0.2, 0.25) is 10.0 Å². The molecule has 4 heteroatoms. The van der Waals surface area contributed by atoms with Crippen LogP contribution in [-0.4, -0.2) is 5.91 Å². The van der Waals surface area contributed by atoms with Gasteiger partial charge in [-0.15, -0.1) is 0 Å². The van der Waals surface area contributed by atoms with Crippen LogP contribution >= 0.6 is 23.2 Å². The molecule has 2 nitrogen and oxygen atoms in total.